The normalized spacial score (nSPS) is 10.4. The van der Waals surface area contributed by atoms with E-state index in [0.29, 0.717) is 6.61 Å². The highest BCUT2D eigenvalue weighted by atomic mass is 16.6. The van der Waals surface area contributed by atoms with Gasteiger partial charge in [-0.1, -0.05) is 35.5 Å². The highest BCUT2D eigenvalue weighted by Crippen LogP contribution is 1.97. The number of oxime groups is 1. The van der Waals surface area contributed by atoms with Gasteiger partial charge in [0.2, 0.25) is 0 Å². The van der Waals surface area contributed by atoms with Crippen molar-refractivity contribution in [2.24, 2.45) is 5.16 Å². The molecular formula is C10H13NO. The van der Waals surface area contributed by atoms with Crippen molar-refractivity contribution in [3.05, 3.63) is 35.9 Å². The van der Waals surface area contributed by atoms with Gasteiger partial charge >= 0.3 is 0 Å². The largest absolute Gasteiger partial charge is 0.396 e. The van der Waals surface area contributed by atoms with E-state index in [2.05, 4.69) is 17.3 Å². The van der Waals surface area contributed by atoms with Crippen LogP contribution in [0.1, 0.15) is 12.5 Å². The third-order valence-corrected chi connectivity index (χ3v) is 1.45. The van der Waals surface area contributed by atoms with Crippen LogP contribution in [0, 0.1) is 0 Å². The fourth-order valence-corrected chi connectivity index (χ4v) is 0.884. The lowest BCUT2D eigenvalue weighted by molar-refractivity contribution is 0.160. The molecule has 1 aromatic carbocycles. The van der Waals surface area contributed by atoms with Crippen molar-refractivity contribution in [1.82, 2.24) is 0 Å². The van der Waals surface area contributed by atoms with Gasteiger partial charge in [0.1, 0.15) is 6.61 Å². The Labute approximate surface area is 72.9 Å². The van der Waals surface area contributed by atoms with Crippen molar-refractivity contribution < 1.29 is 4.84 Å². The molecule has 0 amide bonds. The molecule has 0 unspecified atom stereocenters. The molecule has 2 nitrogen and oxygen atoms in total. The van der Waals surface area contributed by atoms with Gasteiger partial charge in [-0.2, -0.15) is 0 Å². The lowest BCUT2D eigenvalue weighted by Gasteiger charge is -1.93. The molecule has 0 N–H and O–H groups in total. The third kappa shape index (κ3) is 3.19. The highest BCUT2D eigenvalue weighted by Gasteiger charge is 1.85. The van der Waals surface area contributed by atoms with Gasteiger partial charge in [-0.3, -0.25) is 0 Å². The van der Waals surface area contributed by atoms with E-state index in [1.807, 2.05) is 25.1 Å². The molecule has 0 aliphatic rings. The van der Waals surface area contributed by atoms with Crippen LogP contribution in [0.5, 0.6) is 0 Å². The fourth-order valence-electron chi connectivity index (χ4n) is 0.884. The quantitative estimate of drug-likeness (QED) is 0.492. The van der Waals surface area contributed by atoms with Crippen molar-refractivity contribution in [2.45, 2.75) is 13.3 Å². The predicted molar refractivity (Wildman–Crippen MR) is 50.3 cm³/mol. The SMILES string of the molecule is CCO/N=C/Cc1ccccc1. The molecule has 0 radical (unpaired) electrons. The van der Waals surface area contributed by atoms with E-state index >= 15 is 0 Å². The van der Waals surface area contributed by atoms with Gasteiger partial charge in [0, 0.05) is 12.6 Å². The first-order valence-electron chi connectivity index (χ1n) is 4.11. The minimum Gasteiger partial charge on any atom is -0.396 e. The Bertz CT molecular complexity index is 231. The van der Waals surface area contributed by atoms with E-state index < -0.39 is 0 Å². The summed E-state index contributed by atoms with van der Waals surface area (Å²) in [6.45, 7) is 2.55. The van der Waals surface area contributed by atoms with E-state index in [1.165, 1.54) is 5.56 Å². The van der Waals surface area contributed by atoms with Gasteiger partial charge in [-0.05, 0) is 12.5 Å². The molecule has 2 heteroatoms. The molecule has 0 aliphatic heterocycles. The van der Waals surface area contributed by atoms with Crippen molar-refractivity contribution in [1.29, 1.82) is 0 Å². The minimum absolute atomic E-state index is 0.630. The molecule has 0 atom stereocenters. The first-order chi connectivity index (χ1) is 5.93. The van der Waals surface area contributed by atoms with Crippen LogP contribution in [0.15, 0.2) is 35.5 Å². The molecule has 0 fully saturated rings. The average molecular weight is 163 g/mol. The summed E-state index contributed by atoms with van der Waals surface area (Å²) in [4.78, 5) is 4.82. The predicted octanol–water partition coefficient (Wildman–Crippen LogP) is 2.25. The zero-order chi connectivity index (χ0) is 8.65. The first-order valence-corrected chi connectivity index (χ1v) is 4.11. The lowest BCUT2D eigenvalue weighted by Crippen LogP contribution is -1.86. The standard InChI is InChI=1S/C10H13NO/c1-2-12-11-9-8-10-6-4-3-5-7-10/h3-7,9H,2,8H2,1H3/b11-9+. The van der Waals surface area contributed by atoms with Crippen LogP contribution < -0.4 is 0 Å². The van der Waals surface area contributed by atoms with Crippen molar-refractivity contribution in [2.75, 3.05) is 6.61 Å². The van der Waals surface area contributed by atoms with Gasteiger partial charge < -0.3 is 4.84 Å². The van der Waals surface area contributed by atoms with Crippen LogP contribution in [-0.2, 0) is 11.3 Å². The first kappa shape index (κ1) is 8.78. The van der Waals surface area contributed by atoms with E-state index in [0.717, 1.165) is 6.42 Å². The fraction of sp³-hybridized carbons (Fsp3) is 0.300. The summed E-state index contributed by atoms with van der Waals surface area (Å²) >= 11 is 0. The molecule has 1 rings (SSSR count). The Morgan fingerprint density at radius 2 is 2.08 bits per heavy atom. The van der Waals surface area contributed by atoms with Crippen molar-refractivity contribution >= 4 is 6.21 Å². The maximum Gasteiger partial charge on any atom is 0.114 e. The van der Waals surface area contributed by atoms with Gasteiger partial charge in [-0.25, -0.2) is 0 Å². The van der Waals surface area contributed by atoms with E-state index in [4.69, 9.17) is 4.84 Å². The van der Waals surface area contributed by atoms with Crippen LogP contribution in [0.3, 0.4) is 0 Å². The van der Waals surface area contributed by atoms with Crippen LogP contribution in [0.25, 0.3) is 0 Å². The van der Waals surface area contributed by atoms with Gasteiger partial charge in [0.05, 0.1) is 0 Å². The number of hydrogen-bond donors (Lipinski definition) is 0. The Kier molecular flexibility index (Phi) is 3.92. The molecule has 0 heterocycles. The molecule has 0 bridgehead atoms. The summed E-state index contributed by atoms with van der Waals surface area (Å²) in [7, 11) is 0. The van der Waals surface area contributed by atoms with Gasteiger partial charge in [0.15, 0.2) is 0 Å². The lowest BCUT2D eigenvalue weighted by atomic mass is 10.2. The Morgan fingerprint density at radius 3 is 2.75 bits per heavy atom. The molecule has 1 aromatic rings. The zero-order valence-electron chi connectivity index (χ0n) is 7.23. The second kappa shape index (κ2) is 5.35. The van der Waals surface area contributed by atoms with Crippen LogP contribution in [-0.4, -0.2) is 12.8 Å². The molecule has 0 saturated heterocycles. The molecule has 12 heavy (non-hydrogen) atoms. The summed E-state index contributed by atoms with van der Waals surface area (Å²) in [5.41, 5.74) is 1.25. The monoisotopic (exact) mass is 163 g/mol. The molecule has 0 spiro atoms. The number of rotatable bonds is 4. The molecule has 0 saturated carbocycles. The third-order valence-electron chi connectivity index (χ3n) is 1.45. The minimum atomic E-state index is 0.630. The summed E-state index contributed by atoms with van der Waals surface area (Å²) < 4.78 is 0. The smallest absolute Gasteiger partial charge is 0.114 e. The Morgan fingerprint density at radius 1 is 1.33 bits per heavy atom. The van der Waals surface area contributed by atoms with E-state index in [9.17, 15) is 0 Å². The zero-order valence-corrected chi connectivity index (χ0v) is 7.23. The van der Waals surface area contributed by atoms with Crippen LogP contribution in [0.2, 0.25) is 0 Å². The maximum atomic E-state index is 4.82. The molecule has 0 aliphatic carbocycles. The Hall–Kier alpha value is -1.31. The number of nitrogens with zero attached hydrogens (tertiary/aromatic N) is 1. The molecule has 64 valence electrons. The van der Waals surface area contributed by atoms with Crippen molar-refractivity contribution in [3.63, 3.8) is 0 Å². The summed E-state index contributed by atoms with van der Waals surface area (Å²) in [6.07, 6.45) is 2.61. The van der Waals surface area contributed by atoms with Gasteiger partial charge in [-0.15, -0.1) is 0 Å². The topological polar surface area (TPSA) is 21.6 Å². The second-order valence-corrected chi connectivity index (χ2v) is 2.40. The van der Waals surface area contributed by atoms with E-state index in [-0.39, 0.29) is 0 Å². The summed E-state index contributed by atoms with van der Waals surface area (Å²) in [5.74, 6) is 0. The van der Waals surface area contributed by atoms with Crippen LogP contribution >= 0.6 is 0 Å². The summed E-state index contributed by atoms with van der Waals surface area (Å²) in [6, 6.07) is 10.2. The molecular weight excluding hydrogens is 150 g/mol. The highest BCUT2D eigenvalue weighted by molar-refractivity contribution is 5.60. The van der Waals surface area contributed by atoms with Gasteiger partial charge in [0.25, 0.3) is 0 Å². The second-order valence-electron chi connectivity index (χ2n) is 2.40. The Balaban J connectivity index is 2.33. The number of benzene rings is 1. The van der Waals surface area contributed by atoms with Crippen molar-refractivity contribution in [3.8, 4) is 0 Å². The van der Waals surface area contributed by atoms with Crippen LogP contribution in [0.4, 0.5) is 0 Å². The summed E-state index contributed by atoms with van der Waals surface area (Å²) in [5, 5.41) is 3.76. The maximum absolute atomic E-state index is 4.82. The average Bonchev–Trinajstić information content (AvgIpc) is 2.14. The molecule has 0 aromatic heterocycles. The van der Waals surface area contributed by atoms with E-state index in [1.54, 1.807) is 6.21 Å². The number of hydrogen-bond acceptors (Lipinski definition) is 2.